The molecule has 0 aromatic heterocycles. The third-order valence-electron chi connectivity index (χ3n) is 4.41. The van der Waals surface area contributed by atoms with Gasteiger partial charge in [-0.15, -0.1) is 0 Å². The Hall–Kier alpha value is -2.03. The van der Waals surface area contributed by atoms with Crippen LogP contribution in [0.3, 0.4) is 0 Å². The highest BCUT2D eigenvalue weighted by Gasteiger charge is 2.33. The Balaban J connectivity index is 1.67. The van der Waals surface area contributed by atoms with E-state index in [-0.39, 0.29) is 0 Å². The fraction of sp³-hybridized carbons (Fsp3) is 0.353. The SMILES string of the molecule is NC1=NCC(c2ccc3ccccc3c2)N1CC1CC1. The number of hydrogen-bond acceptors (Lipinski definition) is 3. The van der Waals surface area contributed by atoms with Gasteiger partial charge in [0.05, 0.1) is 12.6 Å². The van der Waals surface area contributed by atoms with Crippen molar-refractivity contribution >= 4 is 16.7 Å². The van der Waals surface area contributed by atoms with Crippen molar-refractivity contribution in [3.8, 4) is 0 Å². The summed E-state index contributed by atoms with van der Waals surface area (Å²) in [5.41, 5.74) is 7.40. The first-order valence-electron chi connectivity index (χ1n) is 7.36. The summed E-state index contributed by atoms with van der Waals surface area (Å²) in [7, 11) is 0. The molecule has 2 aromatic carbocycles. The summed E-state index contributed by atoms with van der Waals surface area (Å²) >= 11 is 0. The molecular weight excluding hydrogens is 246 g/mol. The molecule has 1 aliphatic carbocycles. The Morgan fingerprint density at radius 2 is 1.90 bits per heavy atom. The smallest absolute Gasteiger partial charge is 0.191 e. The number of benzene rings is 2. The van der Waals surface area contributed by atoms with Crippen molar-refractivity contribution in [2.45, 2.75) is 18.9 Å². The zero-order valence-electron chi connectivity index (χ0n) is 11.5. The van der Waals surface area contributed by atoms with Crippen LogP contribution < -0.4 is 5.73 Å². The first-order valence-corrected chi connectivity index (χ1v) is 7.36. The minimum atomic E-state index is 0.320. The second-order valence-corrected chi connectivity index (χ2v) is 5.92. The quantitative estimate of drug-likeness (QED) is 0.927. The van der Waals surface area contributed by atoms with Crippen molar-refractivity contribution in [2.24, 2.45) is 16.6 Å². The molecule has 0 saturated heterocycles. The topological polar surface area (TPSA) is 41.6 Å². The normalized spacial score (nSPS) is 22.3. The van der Waals surface area contributed by atoms with Gasteiger partial charge in [0.1, 0.15) is 0 Å². The van der Waals surface area contributed by atoms with Gasteiger partial charge in [0, 0.05) is 6.54 Å². The van der Waals surface area contributed by atoms with Crippen LogP contribution in [0.2, 0.25) is 0 Å². The minimum absolute atomic E-state index is 0.320. The van der Waals surface area contributed by atoms with E-state index in [4.69, 9.17) is 5.73 Å². The average Bonchev–Trinajstić information content (AvgIpc) is 3.23. The summed E-state index contributed by atoms with van der Waals surface area (Å²) in [6.07, 6.45) is 2.68. The Morgan fingerprint density at radius 1 is 1.10 bits per heavy atom. The van der Waals surface area contributed by atoms with E-state index in [1.165, 1.54) is 29.2 Å². The second kappa shape index (κ2) is 4.51. The molecule has 3 heteroatoms. The first kappa shape index (κ1) is 11.8. The lowest BCUT2D eigenvalue weighted by Gasteiger charge is -2.26. The predicted octanol–water partition coefficient (Wildman–Crippen LogP) is 2.92. The van der Waals surface area contributed by atoms with E-state index in [1.807, 2.05) is 0 Å². The van der Waals surface area contributed by atoms with Crippen LogP contribution in [0.15, 0.2) is 47.5 Å². The van der Waals surface area contributed by atoms with Crippen LogP contribution in [0.25, 0.3) is 10.8 Å². The fourth-order valence-electron chi connectivity index (χ4n) is 3.03. The molecule has 2 aliphatic rings. The summed E-state index contributed by atoms with van der Waals surface area (Å²) in [6.45, 7) is 1.85. The maximum atomic E-state index is 6.07. The lowest BCUT2D eigenvalue weighted by atomic mass is 10.0. The van der Waals surface area contributed by atoms with Crippen LogP contribution in [0.5, 0.6) is 0 Å². The zero-order valence-corrected chi connectivity index (χ0v) is 11.5. The van der Waals surface area contributed by atoms with Gasteiger partial charge >= 0.3 is 0 Å². The molecule has 0 bridgehead atoms. The molecule has 1 aliphatic heterocycles. The summed E-state index contributed by atoms with van der Waals surface area (Å²) in [5, 5.41) is 2.58. The molecule has 0 amide bonds. The summed E-state index contributed by atoms with van der Waals surface area (Å²) in [6, 6.07) is 15.5. The molecule has 4 rings (SSSR count). The molecule has 1 saturated carbocycles. The number of guanidine groups is 1. The maximum Gasteiger partial charge on any atom is 0.191 e. The van der Waals surface area contributed by atoms with Gasteiger partial charge in [0.15, 0.2) is 5.96 Å². The molecule has 20 heavy (non-hydrogen) atoms. The monoisotopic (exact) mass is 265 g/mol. The molecule has 1 unspecified atom stereocenters. The number of nitrogens with two attached hydrogens (primary N) is 1. The molecule has 0 spiro atoms. The standard InChI is InChI=1S/C17H19N3/c18-17-19-10-16(20(17)11-12-5-6-12)15-8-7-13-3-1-2-4-14(13)9-15/h1-4,7-9,12,16H,5-6,10-11H2,(H2,18,19). The second-order valence-electron chi connectivity index (χ2n) is 5.92. The number of nitrogens with zero attached hydrogens (tertiary/aromatic N) is 2. The van der Waals surface area contributed by atoms with E-state index >= 15 is 0 Å². The maximum absolute atomic E-state index is 6.07. The van der Waals surface area contributed by atoms with Gasteiger partial charge in [-0.3, -0.25) is 4.99 Å². The van der Waals surface area contributed by atoms with Crippen LogP contribution in [-0.2, 0) is 0 Å². The first-order chi connectivity index (χ1) is 9.81. The molecule has 1 atom stereocenters. The van der Waals surface area contributed by atoms with Gasteiger partial charge in [-0.2, -0.15) is 0 Å². The Labute approximate surface area is 119 Å². The fourth-order valence-corrected chi connectivity index (χ4v) is 3.03. The Bertz CT molecular complexity index is 673. The highest BCUT2D eigenvalue weighted by molar-refractivity contribution is 5.84. The lowest BCUT2D eigenvalue weighted by molar-refractivity contribution is 0.334. The van der Waals surface area contributed by atoms with Crippen molar-refractivity contribution < 1.29 is 0 Å². The van der Waals surface area contributed by atoms with Crippen molar-refractivity contribution in [3.63, 3.8) is 0 Å². The van der Waals surface area contributed by atoms with Crippen LogP contribution in [0, 0.1) is 5.92 Å². The van der Waals surface area contributed by atoms with Crippen molar-refractivity contribution in [2.75, 3.05) is 13.1 Å². The molecule has 2 N–H and O–H groups in total. The predicted molar refractivity (Wildman–Crippen MR) is 82.6 cm³/mol. The van der Waals surface area contributed by atoms with Crippen molar-refractivity contribution in [1.29, 1.82) is 0 Å². The molecule has 1 fully saturated rings. The third kappa shape index (κ3) is 2.03. The van der Waals surface area contributed by atoms with E-state index in [0.717, 1.165) is 25.0 Å². The Morgan fingerprint density at radius 3 is 2.70 bits per heavy atom. The van der Waals surface area contributed by atoms with Gasteiger partial charge in [-0.25, -0.2) is 0 Å². The van der Waals surface area contributed by atoms with Gasteiger partial charge in [0.25, 0.3) is 0 Å². The molecule has 0 radical (unpaired) electrons. The number of fused-ring (bicyclic) bond motifs is 1. The molecule has 1 heterocycles. The van der Waals surface area contributed by atoms with E-state index in [2.05, 4.69) is 52.4 Å². The zero-order chi connectivity index (χ0) is 13.5. The van der Waals surface area contributed by atoms with E-state index in [9.17, 15) is 0 Å². The number of aliphatic imine (C=N–C) groups is 1. The van der Waals surface area contributed by atoms with Gasteiger partial charge in [-0.05, 0) is 41.2 Å². The van der Waals surface area contributed by atoms with E-state index in [0.29, 0.717) is 6.04 Å². The summed E-state index contributed by atoms with van der Waals surface area (Å²) in [4.78, 5) is 6.75. The molecule has 3 nitrogen and oxygen atoms in total. The van der Waals surface area contributed by atoms with Crippen LogP contribution >= 0.6 is 0 Å². The third-order valence-corrected chi connectivity index (χ3v) is 4.41. The largest absolute Gasteiger partial charge is 0.370 e. The highest BCUT2D eigenvalue weighted by atomic mass is 15.3. The summed E-state index contributed by atoms with van der Waals surface area (Å²) in [5.74, 6) is 1.54. The Kier molecular flexibility index (Phi) is 2.66. The summed E-state index contributed by atoms with van der Waals surface area (Å²) < 4.78 is 0. The average molecular weight is 265 g/mol. The molecule has 2 aromatic rings. The van der Waals surface area contributed by atoms with Gasteiger partial charge in [0.2, 0.25) is 0 Å². The number of hydrogen-bond donors (Lipinski definition) is 1. The van der Waals surface area contributed by atoms with Crippen LogP contribution in [0.4, 0.5) is 0 Å². The van der Waals surface area contributed by atoms with Crippen LogP contribution in [-0.4, -0.2) is 23.9 Å². The highest BCUT2D eigenvalue weighted by Crippen LogP contribution is 2.35. The van der Waals surface area contributed by atoms with Crippen molar-refractivity contribution in [1.82, 2.24) is 4.90 Å². The van der Waals surface area contributed by atoms with E-state index < -0.39 is 0 Å². The molecular formula is C17H19N3. The van der Waals surface area contributed by atoms with Crippen LogP contribution in [0.1, 0.15) is 24.4 Å². The minimum Gasteiger partial charge on any atom is -0.370 e. The van der Waals surface area contributed by atoms with Gasteiger partial charge < -0.3 is 10.6 Å². The van der Waals surface area contributed by atoms with Crippen molar-refractivity contribution in [3.05, 3.63) is 48.0 Å². The molecule has 102 valence electrons. The van der Waals surface area contributed by atoms with E-state index in [1.54, 1.807) is 0 Å². The van der Waals surface area contributed by atoms with Gasteiger partial charge in [-0.1, -0.05) is 36.4 Å². The number of rotatable bonds is 3. The lowest BCUT2D eigenvalue weighted by Crippen LogP contribution is -2.37.